The van der Waals surface area contributed by atoms with E-state index in [2.05, 4.69) is 26.2 Å². The number of aromatic nitrogens is 1. The first-order valence-corrected chi connectivity index (χ1v) is 7.94. The number of ether oxygens (including phenoxy) is 1. The van der Waals surface area contributed by atoms with Gasteiger partial charge in [-0.25, -0.2) is 9.78 Å². The summed E-state index contributed by atoms with van der Waals surface area (Å²) in [4.78, 5) is 29.7. The first kappa shape index (κ1) is 16.7. The van der Waals surface area contributed by atoms with E-state index in [1.54, 1.807) is 17.0 Å². The van der Waals surface area contributed by atoms with Crippen molar-refractivity contribution in [2.75, 3.05) is 13.1 Å². The minimum Gasteiger partial charge on any atom is -0.444 e. The fourth-order valence-corrected chi connectivity index (χ4v) is 2.38. The Morgan fingerprint density at radius 2 is 2.14 bits per heavy atom. The van der Waals surface area contributed by atoms with Crippen LogP contribution in [0.2, 0.25) is 0 Å². The van der Waals surface area contributed by atoms with Gasteiger partial charge >= 0.3 is 6.09 Å². The van der Waals surface area contributed by atoms with Gasteiger partial charge in [0.25, 0.3) is 5.91 Å². The number of rotatable bonds is 2. The van der Waals surface area contributed by atoms with Crippen LogP contribution in [0.4, 0.5) is 4.79 Å². The molecule has 120 valence electrons. The molecule has 1 aromatic rings. The Bertz CT molecular complexity index is 554. The highest BCUT2D eigenvalue weighted by Crippen LogP contribution is 2.16. The lowest BCUT2D eigenvalue weighted by Crippen LogP contribution is -2.40. The molecule has 1 N–H and O–H groups in total. The SMILES string of the molecule is CC(C)(C)OC(=O)N1CCC(NC(=O)c2ccc(Br)nc2)C1. The summed E-state index contributed by atoms with van der Waals surface area (Å²) in [5.41, 5.74) is -0.0134. The van der Waals surface area contributed by atoms with Gasteiger partial charge in [0.2, 0.25) is 0 Å². The second kappa shape index (κ2) is 6.64. The number of hydrogen-bond acceptors (Lipinski definition) is 4. The van der Waals surface area contributed by atoms with E-state index in [4.69, 9.17) is 4.74 Å². The number of carbonyl (C=O) groups excluding carboxylic acids is 2. The molecular weight excluding hydrogens is 350 g/mol. The molecule has 22 heavy (non-hydrogen) atoms. The van der Waals surface area contributed by atoms with Crippen molar-refractivity contribution >= 4 is 27.9 Å². The predicted octanol–water partition coefficient (Wildman–Crippen LogP) is 2.58. The summed E-state index contributed by atoms with van der Waals surface area (Å²) in [6.45, 7) is 6.55. The molecule has 0 saturated carbocycles. The number of likely N-dealkylation sites (tertiary alicyclic amines) is 1. The number of hydrogen-bond donors (Lipinski definition) is 1. The highest BCUT2D eigenvalue weighted by Gasteiger charge is 2.30. The molecule has 1 fully saturated rings. The Kier molecular flexibility index (Phi) is 5.05. The molecule has 0 aliphatic carbocycles. The molecule has 0 radical (unpaired) electrons. The van der Waals surface area contributed by atoms with Crippen LogP contribution in [0.5, 0.6) is 0 Å². The van der Waals surface area contributed by atoms with Gasteiger partial charge < -0.3 is 15.0 Å². The molecule has 0 bridgehead atoms. The molecule has 1 unspecified atom stereocenters. The quantitative estimate of drug-likeness (QED) is 0.813. The topological polar surface area (TPSA) is 71.5 Å². The second-order valence-electron chi connectivity index (χ2n) is 6.26. The van der Waals surface area contributed by atoms with Crippen LogP contribution in [0.15, 0.2) is 22.9 Å². The van der Waals surface area contributed by atoms with Crippen LogP contribution < -0.4 is 5.32 Å². The highest BCUT2D eigenvalue weighted by atomic mass is 79.9. The fourth-order valence-electron chi connectivity index (χ4n) is 2.15. The van der Waals surface area contributed by atoms with E-state index in [9.17, 15) is 9.59 Å². The molecule has 1 aromatic heterocycles. The maximum atomic E-state index is 12.1. The van der Waals surface area contributed by atoms with Gasteiger partial charge in [0.15, 0.2) is 0 Å². The zero-order valence-corrected chi connectivity index (χ0v) is 14.5. The molecule has 2 rings (SSSR count). The van der Waals surface area contributed by atoms with E-state index in [0.717, 1.165) is 6.42 Å². The van der Waals surface area contributed by atoms with Gasteiger partial charge in [-0.15, -0.1) is 0 Å². The van der Waals surface area contributed by atoms with Crippen molar-refractivity contribution in [1.29, 1.82) is 0 Å². The standard InChI is InChI=1S/C15H20BrN3O3/c1-15(2,3)22-14(21)19-7-6-11(9-19)18-13(20)10-4-5-12(16)17-8-10/h4-5,8,11H,6-7,9H2,1-3H3,(H,18,20). The molecule has 0 aromatic carbocycles. The second-order valence-corrected chi connectivity index (χ2v) is 7.07. The first-order valence-electron chi connectivity index (χ1n) is 7.15. The molecule has 0 spiro atoms. The van der Waals surface area contributed by atoms with Gasteiger partial charge in [0.05, 0.1) is 5.56 Å². The molecule has 2 amide bonds. The van der Waals surface area contributed by atoms with E-state index in [0.29, 0.717) is 23.3 Å². The van der Waals surface area contributed by atoms with E-state index in [-0.39, 0.29) is 18.0 Å². The van der Waals surface area contributed by atoms with Gasteiger partial charge in [-0.3, -0.25) is 4.79 Å². The summed E-state index contributed by atoms with van der Waals surface area (Å²) in [5.74, 6) is -0.184. The summed E-state index contributed by atoms with van der Waals surface area (Å²) in [6.07, 6.45) is 1.89. The van der Waals surface area contributed by atoms with E-state index in [1.165, 1.54) is 6.20 Å². The fraction of sp³-hybridized carbons (Fsp3) is 0.533. The number of carbonyl (C=O) groups is 2. The normalized spacial score (nSPS) is 18.2. The number of pyridine rings is 1. The van der Waals surface area contributed by atoms with Gasteiger partial charge in [-0.05, 0) is 55.3 Å². The lowest BCUT2D eigenvalue weighted by molar-refractivity contribution is 0.0290. The van der Waals surface area contributed by atoms with Crippen LogP contribution in [-0.4, -0.2) is 46.6 Å². The van der Waals surface area contributed by atoms with Crippen molar-refractivity contribution in [1.82, 2.24) is 15.2 Å². The summed E-state index contributed by atoms with van der Waals surface area (Å²) in [5, 5.41) is 2.92. The lowest BCUT2D eigenvalue weighted by Gasteiger charge is -2.24. The van der Waals surface area contributed by atoms with Crippen molar-refractivity contribution < 1.29 is 14.3 Å². The molecule has 2 heterocycles. The summed E-state index contributed by atoms with van der Waals surface area (Å²) in [7, 11) is 0. The molecule has 1 aliphatic rings. The number of amides is 2. The third-order valence-corrected chi connectivity index (χ3v) is 3.63. The third kappa shape index (κ3) is 4.69. The monoisotopic (exact) mass is 369 g/mol. The molecule has 1 aliphatic heterocycles. The van der Waals surface area contributed by atoms with E-state index < -0.39 is 5.60 Å². The summed E-state index contributed by atoms with van der Waals surface area (Å²) in [6, 6.07) is 3.35. The van der Waals surface area contributed by atoms with Crippen molar-refractivity contribution in [2.24, 2.45) is 0 Å². The van der Waals surface area contributed by atoms with Crippen LogP contribution in [0.3, 0.4) is 0 Å². The van der Waals surface area contributed by atoms with Crippen molar-refractivity contribution in [3.8, 4) is 0 Å². The van der Waals surface area contributed by atoms with Crippen molar-refractivity contribution in [3.05, 3.63) is 28.5 Å². The van der Waals surface area contributed by atoms with E-state index in [1.807, 2.05) is 20.8 Å². The Labute approximate surface area is 138 Å². The van der Waals surface area contributed by atoms with Crippen LogP contribution in [0.25, 0.3) is 0 Å². The Morgan fingerprint density at radius 1 is 1.41 bits per heavy atom. The van der Waals surface area contributed by atoms with Crippen LogP contribution in [0.1, 0.15) is 37.6 Å². The van der Waals surface area contributed by atoms with Crippen molar-refractivity contribution in [2.45, 2.75) is 38.8 Å². The van der Waals surface area contributed by atoms with Crippen LogP contribution in [0, 0.1) is 0 Å². The number of halogens is 1. The zero-order chi connectivity index (χ0) is 16.3. The number of nitrogens with zero attached hydrogens (tertiary/aromatic N) is 2. The zero-order valence-electron chi connectivity index (χ0n) is 12.9. The molecule has 6 nitrogen and oxygen atoms in total. The minimum atomic E-state index is -0.512. The van der Waals surface area contributed by atoms with Gasteiger partial charge in [-0.1, -0.05) is 0 Å². The average Bonchev–Trinajstić information content (AvgIpc) is 2.86. The van der Waals surface area contributed by atoms with Crippen LogP contribution >= 0.6 is 15.9 Å². The molecular formula is C15H20BrN3O3. The Hall–Kier alpha value is -1.63. The average molecular weight is 370 g/mol. The summed E-state index contributed by atoms with van der Waals surface area (Å²) >= 11 is 3.23. The smallest absolute Gasteiger partial charge is 0.410 e. The Morgan fingerprint density at radius 3 is 2.73 bits per heavy atom. The van der Waals surface area contributed by atoms with Gasteiger partial charge in [0.1, 0.15) is 10.2 Å². The molecule has 1 atom stereocenters. The number of nitrogens with one attached hydrogen (secondary N) is 1. The predicted molar refractivity (Wildman–Crippen MR) is 85.6 cm³/mol. The van der Waals surface area contributed by atoms with Crippen molar-refractivity contribution in [3.63, 3.8) is 0 Å². The first-order chi connectivity index (χ1) is 10.2. The van der Waals surface area contributed by atoms with Gasteiger partial charge in [-0.2, -0.15) is 0 Å². The molecule has 1 saturated heterocycles. The molecule has 7 heteroatoms. The lowest BCUT2D eigenvalue weighted by atomic mass is 10.2. The Balaban J connectivity index is 1.87. The van der Waals surface area contributed by atoms with E-state index >= 15 is 0 Å². The maximum Gasteiger partial charge on any atom is 0.410 e. The highest BCUT2D eigenvalue weighted by molar-refractivity contribution is 9.10. The third-order valence-electron chi connectivity index (χ3n) is 3.16. The van der Waals surface area contributed by atoms with Gasteiger partial charge in [0, 0.05) is 25.3 Å². The van der Waals surface area contributed by atoms with Crippen LogP contribution in [-0.2, 0) is 4.74 Å². The maximum absolute atomic E-state index is 12.1. The minimum absolute atomic E-state index is 0.0661. The largest absolute Gasteiger partial charge is 0.444 e. The summed E-state index contributed by atoms with van der Waals surface area (Å²) < 4.78 is 6.01.